The summed E-state index contributed by atoms with van der Waals surface area (Å²) >= 11 is 8.87. The van der Waals surface area contributed by atoms with Crippen LogP contribution in [0.1, 0.15) is 5.56 Å². The molecule has 0 radical (unpaired) electrons. The van der Waals surface area contributed by atoms with Crippen LogP contribution in [0.4, 0.5) is 18.9 Å². The van der Waals surface area contributed by atoms with Crippen LogP contribution in [0.2, 0.25) is 5.02 Å². The van der Waals surface area contributed by atoms with Gasteiger partial charge in [0.15, 0.2) is 0 Å². The van der Waals surface area contributed by atoms with Crippen molar-refractivity contribution in [2.75, 3.05) is 5.73 Å². The summed E-state index contributed by atoms with van der Waals surface area (Å²) in [7, 11) is 0. The van der Waals surface area contributed by atoms with Gasteiger partial charge in [-0.2, -0.15) is 13.2 Å². The Morgan fingerprint density at radius 2 is 1.75 bits per heavy atom. The number of hydrogen-bond acceptors (Lipinski definition) is 2. The number of ether oxygens (including phenoxy) is 1. The Morgan fingerprint density at radius 1 is 1.05 bits per heavy atom. The fraction of sp³-hybridized carbons (Fsp3) is 0.0769. The average Bonchev–Trinajstić information content (AvgIpc) is 2.34. The van der Waals surface area contributed by atoms with E-state index >= 15 is 0 Å². The molecule has 20 heavy (non-hydrogen) atoms. The third-order valence-corrected chi connectivity index (χ3v) is 3.23. The molecule has 7 heteroatoms. The number of anilines is 1. The van der Waals surface area contributed by atoms with Gasteiger partial charge in [0.05, 0.1) is 10.6 Å². The van der Waals surface area contributed by atoms with Crippen molar-refractivity contribution >= 4 is 33.2 Å². The predicted octanol–water partition coefficient (Wildman–Crippen LogP) is 5.50. The lowest BCUT2D eigenvalue weighted by Crippen LogP contribution is -2.07. The van der Waals surface area contributed by atoms with E-state index in [1.165, 1.54) is 30.3 Å². The molecule has 0 fully saturated rings. The highest BCUT2D eigenvalue weighted by Crippen LogP contribution is 2.41. The van der Waals surface area contributed by atoms with Crippen LogP contribution in [0.5, 0.6) is 11.5 Å². The van der Waals surface area contributed by atoms with Crippen molar-refractivity contribution < 1.29 is 17.9 Å². The molecule has 0 amide bonds. The molecule has 0 unspecified atom stereocenters. The minimum absolute atomic E-state index is 0.0690. The van der Waals surface area contributed by atoms with E-state index in [-0.39, 0.29) is 16.5 Å². The van der Waals surface area contributed by atoms with Crippen molar-refractivity contribution in [3.63, 3.8) is 0 Å². The number of hydrogen-bond donors (Lipinski definition) is 1. The second-order valence-corrected chi connectivity index (χ2v) is 5.25. The van der Waals surface area contributed by atoms with Crippen molar-refractivity contribution in [3.05, 3.63) is 51.5 Å². The highest BCUT2D eigenvalue weighted by atomic mass is 79.9. The van der Waals surface area contributed by atoms with E-state index < -0.39 is 11.7 Å². The van der Waals surface area contributed by atoms with Gasteiger partial charge in [-0.1, -0.05) is 27.5 Å². The van der Waals surface area contributed by atoms with Gasteiger partial charge in [-0.25, -0.2) is 0 Å². The molecular weight excluding hydrogens is 358 g/mol. The smallest absolute Gasteiger partial charge is 0.420 e. The molecule has 0 spiro atoms. The van der Waals surface area contributed by atoms with E-state index in [0.717, 1.165) is 6.07 Å². The molecule has 0 saturated heterocycles. The van der Waals surface area contributed by atoms with Gasteiger partial charge in [0.2, 0.25) is 0 Å². The van der Waals surface area contributed by atoms with Gasteiger partial charge >= 0.3 is 6.18 Å². The number of rotatable bonds is 2. The standard InChI is InChI=1S/C13H8BrClF3NO/c14-7-1-4-11(9(5-7)13(16,17)18)20-12-6-8(19)2-3-10(12)15/h1-6H,19H2. The SMILES string of the molecule is Nc1ccc(Cl)c(Oc2ccc(Br)cc2C(F)(F)F)c1. The highest BCUT2D eigenvalue weighted by molar-refractivity contribution is 9.10. The van der Waals surface area contributed by atoms with Crippen LogP contribution in [0, 0.1) is 0 Å². The number of nitrogen functional groups attached to an aromatic ring is 1. The lowest BCUT2D eigenvalue weighted by Gasteiger charge is -2.15. The fourth-order valence-electron chi connectivity index (χ4n) is 1.53. The van der Waals surface area contributed by atoms with Gasteiger partial charge in [0.1, 0.15) is 11.5 Å². The minimum atomic E-state index is -4.54. The Bertz CT molecular complexity index is 646. The maximum Gasteiger partial charge on any atom is 0.420 e. The van der Waals surface area contributed by atoms with Crippen LogP contribution < -0.4 is 10.5 Å². The van der Waals surface area contributed by atoms with Crippen molar-refractivity contribution in [3.8, 4) is 11.5 Å². The van der Waals surface area contributed by atoms with Crippen molar-refractivity contribution in [1.82, 2.24) is 0 Å². The molecule has 0 aliphatic rings. The first-order chi connectivity index (χ1) is 9.27. The molecule has 106 valence electrons. The molecule has 0 bridgehead atoms. The lowest BCUT2D eigenvalue weighted by molar-refractivity contribution is -0.138. The van der Waals surface area contributed by atoms with Crippen molar-refractivity contribution in [1.29, 1.82) is 0 Å². The van der Waals surface area contributed by atoms with Gasteiger partial charge in [0, 0.05) is 16.2 Å². The lowest BCUT2D eigenvalue weighted by atomic mass is 10.2. The number of alkyl halides is 3. The van der Waals surface area contributed by atoms with Gasteiger partial charge in [-0.05, 0) is 30.3 Å². The molecule has 0 aromatic heterocycles. The summed E-state index contributed by atoms with van der Waals surface area (Å²) in [5, 5.41) is 0.176. The molecule has 2 N–H and O–H groups in total. The Morgan fingerprint density at radius 3 is 2.40 bits per heavy atom. The molecule has 0 atom stereocenters. The van der Waals surface area contributed by atoms with Crippen LogP contribution >= 0.6 is 27.5 Å². The molecule has 0 heterocycles. The Labute approximate surface area is 126 Å². The van der Waals surface area contributed by atoms with Crippen LogP contribution in [0.25, 0.3) is 0 Å². The maximum atomic E-state index is 13.0. The van der Waals surface area contributed by atoms with Crippen LogP contribution in [0.3, 0.4) is 0 Å². The van der Waals surface area contributed by atoms with E-state index in [9.17, 15) is 13.2 Å². The van der Waals surface area contributed by atoms with E-state index in [1.54, 1.807) is 0 Å². The summed E-state index contributed by atoms with van der Waals surface area (Å²) in [5.41, 5.74) is 5.01. The molecule has 0 aliphatic heterocycles. The normalized spacial score (nSPS) is 11.4. The molecule has 2 nitrogen and oxygen atoms in total. The maximum absolute atomic E-state index is 13.0. The van der Waals surface area contributed by atoms with Crippen LogP contribution in [-0.4, -0.2) is 0 Å². The summed E-state index contributed by atoms with van der Waals surface area (Å²) < 4.78 is 44.4. The van der Waals surface area contributed by atoms with Crippen molar-refractivity contribution in [2.45, 2.75) is 6.18 Å². The second-order valence-electron chi connectivity index (χ2n) is 3.93. The largest absolute Gasteiger partial charge is 0.455 e. The van der Waals surface area contributed by atoms with Gasteiger partial charge in [-0.15, -0.1) is 0 Å². The first kappa shape index (κ1) is 15.0. The summed E-state index contributed by atoms with van der Waals surface area (Å²) in [6.07, 6.45) is -4.54. The van der Waals surface area contributed by atoms with E-state index in [2.05, 4.69) is 15.9 Å². The zero-order chi connectivity index (χ0) is 14.9. The Kier molecular flexibility index (Phi) is 4.15. The van der Waals surface area contributed by atoms with E-state index in [1.807, 2.05) is 0 Å². The summed E-state index contributed by atoms with van der Waals surface area (Å²) in [4.78, 5) is 0. The molecule has 2 aromatic carbocycles. The Hall–Kier alpha value is -1.40. The number of benzene rings is 2. The monoisotopic (exact) mass is 365 g/mol. The Balaban J connectivity index is 2.46. The molecule has 2 aromatic rings. The number of halogens is 5. The summed E-state index contributed by atoms with van der Waals surface area (Å²) in [6, 6.07) is 7.96. The van der Waals surface area contributed by atoms with Gasteiger partial charge in [0.25, 0.3) is 0 Å². The van der Waals surface area contributed by atoms with Crippen LogP contribution in [-0.2, 0) is 6.18 Å². The van der Waals surface area contributed by atoms with Gasteiger partial charge in [-0.3, -0.25) is 0 Å². The molecular formula is C13H8BrClF3NO. The number of nitrogens with two attached hydrogens (primary N) is 1. The quantitative estimate of drug-likeness (QED) is 0.713. The minimum Gasteiger partial charge on any atom is -0.455 e. The third kappa shape index (κ3) is 3.37. The first-order valence-corrected chi connectivity index (χ1v) is 6.54. The summed E-state index contributed by atoms with van der Waals surface area (Å²) in [5.74, 6) is -0.271. The van der Waals surface area contributed by atoms with E-state index in [0.29, 0.717) is 10.2 Å². The van der Waals surface area contributed by atoms with Crippen LogP contribution in [0.15, 0.2) is 40.9 Å². The fourth-order valence-corrected chi connectivity index (χ4v) is 2.05. The summed E-state index contributed by atoms with van der Waals surface area (Å²) in [6.45, 7) is 0. The van der Waals surface area contributed by atoms with E-state index in [4.69, 9.17) is 22.1 Å². The zero-order valence-electron chi connectivity index (χ0n) is 9.84. The zero-order valence-corrected chi connectivity index (χ0v) is 12.2. The van der Waals surface area contributed by atoms with Crippen molar-refractivity contribution in [2.24, 2.45) is 0 Å². The average molecular weight is 367 g/mol. The van der Waals surface area contributed by atoms with Gasteiger partial charge < -0.3 is 10.5 Å². The third-order valence-electron chi connectivity index (χ3n) is 2.42. The molecule has 0 saturated carbocycles. The first-order valence-electron chi connectivity index (χ1n) is 5.37. The second kappa shape index (κ2) is 5.54. The topological polar surface area (TPSA) is 35.2 Å². The predicted molar refractivity (Wildman–Crippen MR) is 75.1 cm³/mol. The molecule has 2 rings (SSSR count). The molecule has 0 aliphatic carbocycles. The highest BCUT2D eigenvalue weighted by Gasteiger charge is 2.35.